The molecule has 2 aromatic heterocycles. The van der Waals surface area contributed by atoms with Crippen molar-refractivity contribution in [2.45, 2.75) is 11.8 Å². The van der Waals surface area contributed by atoms with Crippen molar-refractivity contribution in [3.8, 4) is 0 Å². The lowest BCUT2D eigenvalue weighted by Gasteiger charge is -2.11. The van der Waals surface area contributed by atoms with Gasteiger partial charge in [0.1, 0.15) is 16.5 Å². The molecule has 2 aromatic rings. The topological polar surface area (TPSA) is 98.0 Å². The Morgan fingerprint density at radius 3 is 2.40 bits per heavy atom. The number of nitrogens with two attached hydrogens (primary N) is 1. The van der Waals surface area contributed by atoms with E-state index in [0.29, 0.717) is 10.0 Å². The second kappa shape index (κ2) is 5.66. The number of hydrogen-bond donors (Lipinski definition) is 2. The number of nitrogens with one attached hydrogen (secondary N) is 1. The molecule has 0 radical (unpaired) electrons. The summed E-state index contributed by atoms with van der Waals surface area (Å²) in [4.78, 5) is 7.74. The molecular formula is C11H10Br2N4O2S. The van der Waals surface area contributed by atoms with Crippen LogP contribution >= 0.6 is 31.9 Å². The van der Waals surface area contributed by atoms with Crippen LogP contribution in [-0.2, 0) is 10.0 Å². The Bertz CT molecular complexity index is 765. The van der Waals surface area contributed by atoms with Gasteiger partial charge in [0.2, 0.25) is 0 Å². The van der Waals surface area contributed by atoms with Gasteiger partial charge in [-0.05, 0) is 56.5 Å². The molecule has 0 amide bonds. The lowest BCUT2D eigenvalue weighted by Crippen LogP contribution is -2.17. The number of pyridine rings is 2. The average Bonchev–Trinajstić information content (AvgIpc) is 2.35. The van der Waals surface area contributed by atoms with Gasteiger partial charge in [0.05, 0.1) is 0 Å². The van der Waals surface area contributed by atoms with Crippen LogP contribution in [0.2, 0.25) is 0 Å². The summed E-state index contributed by atoms with van der Waals surface area (Å²) in [6.07, 6.45) is 2.94. The molecule has 0 bridgehead atoms. The molecule has 0 aromatic carbocycles. The number of halogens is 2. The number of anilines is 2. The highest BCUT2D eigenvalue weighted by atomic mass is 79.9. The zero-order valence-electron chi connectivity index (χ0n) is 10.3. The van der Waals surface area contributed by atoms with E-state index < -0.39 is 10.0 Å². The Balaban J connectivity index is 2.43. The van der Waals surface area contributed by atoms with Crippen LogP contribution in [-0.4, -0.2) is 18.4 Å². The molecule has 0 aliphatic carbocycles. The van der Waals surface area contributed by atoms with E-state index in [0.717, 1.165) is 4.47 Å². The van der Waals surface area contributed by atoms with Crippen LogP contribution in [0.1, 0.15) is 5.56 Å². The number of nitrogen functional groups attached to an aromatic ring is 1. The second-order valence-electron chi connectivity index (χ2n) is 3.96. The van der Waals surface area contributed by atoms with Gasteiger partial charge in [0.15, 0.2) is 0 Å². The molecule has 6 nitrogen and oxygen atoms in total. The van der Waals surface area contributed by atoms with Crippen molar-refractivity contribution in [2.75, 3.05) is 10.5 Å². The highest BCUT2D eigenvalue weighted by molar-refractivity contribution is 9.10. The number of aromatic nitrogens is 2. The molecule has 0 aliphatic heterocycles. The summed E-state index contributed by atoms with van der Waals surface area (Å²) in [6, 6.07) is 3.15. The standard InChI is InChI=1S/C11H10Br2N4O2S/c1-6-2-7(12)5-16-11(6)17-20(18,19)9-3-8(13)4-15-10(9)14/h2-5H,1H3,(H2,14,15)(H,16,17). The maximum atomic E-state index is 12.3. The first-order valence-corrected chi connectivity index (χ1v) is 8.42. The van der Waals surface area contributed by atoms with Crippen molar-refractivity contribution in [1.82, 2.24) is 9.97 Å². The number of hydrogen-bond acceptors (Lipinski definition) is 5. The third-order valence-corrected chi connectivity index (χ3v) is 4.65. The fourth-order valence-corrected chi connectivity index (χ4v) is 3.59. The largest absolute Gasteiger partial charge is 0.383 e. The quantitative estimate of drug-likeness (QED) is 0.793. The van der Waals surface area contributed by atoms with E-state index in [4.69, 9.17) is 5.73 Å². The number of nitrogens with zero attached hydrogens (tertiary/aromatic N) is 2. The van der Waals surface area contributed by atoms with Crippen LogP contribution in [0, 0.1) is 6.92 Å². The normalized spacial score (nSPS) is 11.3. The highest BCUT2D eigenvalue weighted by Crippen LogP contribution is 2.24. The molecule has 2 heterocycles. The van der Waals surface area contributed by atoms with Crippen LogP contribution in [0.3, 0.4) is 0 Å². The zero-order valence-corrected chi connectivity index (χ0v) is 14.3. The van der Waals surface area contributed by atoms with Crippen molar-refractivity contribution in [3.63, 3.8) is 0 Å². The van der Waals surface area contributed by atoms with Crippen molar-refractivity contribution in [2.24, 2.45) is 0 Å². The van der Waals surface area contributed by atoms with Gasteiger partial charge in [0.25, 0.3) is 10.0 Å². The molecule has 3 N–H and O–H groups in total. The number of sulfonamides is 1. The maximum Gasteiger partial charge on any atom is 0.266 e. The predicted octanol–water partition coefficient (Wildman–Crippen LogP) is 2.69. The molecule has 0 spiro atoms. The van der Waals surface area contributed by atoms with Crippen LogP contribution in [0.4, 0.5) is 11.6 Å². The summed E-state index contributed by atoms with van der Waals surface area (Å²) >= 11 is 6.43. The third-order valence-electron chi connectivity index (χ3n) is 2.41. The highest BCUT2D eigenvalue weighted by Gasteiger charge is 2.20. The molecule has 0 saturated carbocycles. The van der Waals surface area contributed by atoms with Crippen LogP contribution < -0.4 is 10.5 Å². The first kappa shape index (κ1) is 15.2. The van der Waals surface area contributed by atoms with Crippen LogP contribution in [0.25, 0.3) is 0 Å². The first-order chi connectivity index (χ1) is 9.29. The van der Waals surface area contributed by atoms with Gasteiger partial charge >= 0.3 is 0 Å². The Labute approximate surface area is 133 Å². The molecule has 2 rings (SSSR count). The maximum absolute atomic E-state index is 12.3. The van der Waals surface area contributed by atoms with Gasteiger partial charge in [0, 0.05) is 21.3 Å². The van der Waals surface area contributed by atoms with Gasteiger partial charge in [-0.2, -0.15) is 0 Å². The Morgan fingerprint density at radius 1 is 1.15 bits per heavy atom. The number of rotatable bonds is 3. The summed E-state index contributed by atoms with van der Waals surface area (Å²) in [7, 11) is -3.85. The smallest absolute Gasteiger partial charge is 0.266 e. The van der Waals surface area contributed by atoms with E-state index >= 15 is 0 Å². The summed E-state index contributed by atoms with van der Waals surface area (Å²) in [5, 5.41) is 0. The molecule has 0 fully saturated rings. The van der Waals surface area contributed by atoms with E-state index in [2.05, 4.69) is 46.5 Å². The van der Waals surface area contributed by atoms with E-state index in [-0.39, 0.29) is 16.5 Å². The molecule has 0 saturated heterocycles. The minimum atomic E-state index is -3.85. The van der Waals surface area contributed by atoms with Gasteiger partial charge in [-0.25, -0.2) is 18.4 Å². The SMILES string of the molecule is Cc1cc(Br)cnc1NS(=O)(=O)c1cc(Br)cnc1N. The molecule has 0 aliphatic rings. The first-order valence-electron chi connectivity index (χ1n) is 5.35. The monoisotopic (exact) mass is 420 g/mol. The van der Waals surface area contributed by atoms with Crippen molar-refractivity contribution in [3.05, 3.63) is 39.0 Å². The lowest BCUT2D eigenvalue weighted by atomic mass is 10.3. The Kier molecular flexibility index (Phi) is 4.31. The van der Waals surface area contributed by atoms with Crippen molar-refractivity contribution >= 4 is 53.5 Å². The van der Waals surface area contributed by atoms with Crippen LogP contribution in [0.5, 0.6) is 0 Å². The molecular weight excluding hydrogens is 412 g/mol. The van der Waals surface area contributed by atoms with Gasteiger partial charge < -0.3 is 5.73 Å². The van der Waals surface area contributed by atoms with Crippen molar-refractivity contribution in [1.29, 1.82) is 0 Å². The second-order valence-corrected chi connectivity index (χ2v) is 7.44. The van der Waals surface area contributed by atoms with Crippen molar-refractivity contribution < 1.29 is 8.42 Å². The minimum absolute atomic E-state index is 0.0736. The summed E-state index contributed by atoms with van der Waals surface area (Å²) in [5.74, 6) is 0.169. The Hall–Kier alpha value is -1.19. The van der Waals surface area contributed by atoms with Gasteiger partial charge in [-0.3, -0.25) is 4.72 Å². The lowest BCUT2D eigenvalue weighted by molar-refractivity contribution is 0.601. The van der Waals surface area contributed by atoms with E-state index in [1.807, 2.05) is 0 Å². The molecule has 0 atom stereocenters. The Morgan fingerprint density at radius 2 is 1.75 bits per heavy atom. The summed E-state index contributed by atoms with van der Waals surface area (Å²) < 4.78 is 28.3. The molecule has 9 heteroatoms. The van der Waals surface area contributed by atoms with Gasteiger partial charge in [-0.15, -0.1) is 0 Å². The van der Waals surface area contributed by atoms with Gasteiger partial charge in [-0.1, -0.05) is 0 Å². The zero-order chi connectivity index (χ0) is 14.9. The number of aryl methyl sites for hydroxylation is 1. The third kappa shape index (κ3) is 3.28. The predicted molar refractivity (Wildman–Crippen MR) is 83.8 cm³/mol. The van der Waals surface area contributed by atoms with E-state index in [1.165, 1.54) is 18.5 Å². The minimum Gasteiger partial charge on any atom is -0.383 e. The van der Waals surface area contributed by atoms with Crippen LogP contribution in [0.15, 0.2) is 38.4 Å². The fourth-order valence-electron chi connectivity index (χ4n) is 1.48. The molecule has 106 valence electrons. The average molecular weight is 422 g/mol. The summed E-state index contributed by atoms with van der Waals surface area (Å²) in [6.45, 7) is 1.75. The molecule has 20 heavy (non-hydrogen) atoms. The fraction of sp³-hybridized carbons (Fsp3) is 0.0909. The summed E-state index contributed by atoms with van der Waals surface area (Å²) in [5.41, 5.74) is 6.30. The van der Waals surface area contributed by atoms with E-state index in [1.54, 1.807) is 13.0 Å². The van der Waals surface area contributed by atoms with E-state index in [9.17, 15) is 8.42 Å². The molecule has 0 unspecified atom stereocenters.